The van der Waals surface area contributed by atoms with Gasteiger partial charge in [0.1, 0.15) is 11.5 Å². The average molecular weight is 354 g/mol. The van der Waals surface area contributed by atoms with Crippen molar-refractivity contribution in [3.63, 3.8) is 0 Å². The SMILES string of the molecule is O=C(Oc1ccc(OC(=O)C2[C@@H]3CCCC[C@@H]23)cc1)C1[C@H]2CCCC[C@H]12. The molecule has 26 heavy (non-hydrogen) atoms. The third-order valence-corrected chi connectivity index (χ3v) is 7.12. The molecule has 0 bridgehead atoms. The minimum atomic E-state index is -0.0892. The first-order valence-corrected chi connectivity index (χ1v) is 10.3. The van der Waals surface area contributed by atoms with Crippen LogP contribution in [0.5, 0.6) is 11.5 Å². The fraction of sp³-hybridized carbons (Fsp3) is 0.636. The van der Waals surface area contributed by atoms with Crippen LogP contribution < -0.4 is 9.47 Å². The average Bonchev–Trinajstić information content (AvgIpc) is 3.55. The van der Waals surface area contributed by atoms with Crippen molar-refractivity contribution in [2.75, 3.05) is 0 Å². The lowest BCUT2D eigenvalue weighted by atomic mass is 10.0. The number of rotatable bonds is 4. The van der Waals surface area contributed by atoms with Gasteiger partial charge in [-0.2, -0.15) is 0 Å². The fourth-order valence-electron chi connectivity index (χ4n) is 5.63. The highest BCUT2D eigenvalue weighted by atomic mass is 16.5. The summed E-state index contributed by atoms with van der Waals surface area (Å²) in [6.07, 6.45) is 9.65. The molecule has 0 spiro atoms. The van der Waals surface area contributed by atoms with Gasteiger partial charge in [-0.3, -0.25) is 9.59 Å². The molecule has 4 saturated carbocycles. The lowest BCUT2D eigenvalue weighted by molar-refractivity contribution is -0.137. The lowest BCUT2D eigenvalue weighted by Crippen LogP contribution is -2.13. The van der Waals surface area contributed by atoms with E-state index in [0.29, 0.717) is 35.2 Å². The zero-order chi connectivity index (χ0) is 17.7. The van der Waals surface area contributed by atoms with Crippen LogP contribution in [-0.4, -0.2) is 11.9 Å². The normalized spacial score (nSPS) is 37.1. The highest BCUT2D eigenvalue weighted by molar-refractivity contribution is 5.80. The van der Waals surface area contributed by atoms with Crippen LogP contribution in [0.15, 0.2) is 24.3 Å². The number of hydrogen-bond donors (Lipinski definition) is 0. The standard InChI is InChI=1S/C22H26O4/c23-21(19-15-5-1-2-6-16(15)19)25-13-9-11-14(12-10-13)26-22(24)20-17-7-3-4-8-18(17)20/h9-12,15-20H,1-8H2/t15-,16-,17+,18+. The Bertz CT molecular complexity index is 624. The topological polar surface area (TPSA) is 52.6 Å². The molecule has 0 heterocycles. The van der Waals surface area contributed by atoms with Gasteiger partial charge in [0.15, 0.2) is 0 Å². The van der Waals surface area contributed by atoms with E-state index in [-0.39, 0.29) is 23.8 Å². The Labute approximate surface area is 154 Å². The molecule has 0 N–H and O–H groups in total. The Morgan fingerprint density at radius 2 is 0.923 bits per heavy atom. The molecule has 0 unspecified atom stereocenters. The molecular formula is C22H26O4. The third-order valence-electron chi connectivity index (χ3n) is 7.12. The summed E-state index contributed by atoms with van der Waals surface area (Å²) in [4.78, 5) is 24.7. The van der Waals surface area contributed by atoms with Gasteiger partial charge in [-0.05, 0) is 73.6 Å². The predicted molar refractivity (Wildman–Crippen MR) is 95.6 cm³/mol. The number of carbonyl (C=O) groups is 2. The molecule has 0 saturated heterocycles. The van der Waals surface area contributed by atoms with Crippen molar-refractivity contribution in [2.24, 2.45) is 35.5 Å². The second-order valence-electron chi connectivity index (χ2n) is 8.59. The van der Waals surface area contributed by atoms with E-state index in [4.69, 9.17) is 9.47 Å². The van der Waals surface area contributed by atoms with Crippen molar-refractivity contribution in [3.8, 4) is 11.5 Å². The first-order chi connectivity index (χ1) is 12.7. The number of ether oxygens (including phenoxy) is 2. The number of hydrogen-bond acceptors (Lipinski definition) is 4. The van der Waals surface area contributed by atoms with E-state index in [1.165, 1.54) is 51.4 Å². The Balaban J connectivity index is 1.15. The molecule has 0 amide bonds. The number of esters is 2. The zero-order valence-electron chi connectivity index (χ0n) is 15.1. The first kappa shape index (κ1) is 16.3. The maximum absolute atomic E-state index is 12.3. The largest absolute Gasteiger partial charge is 0.426 e. The predicted octanol–water partition coefficient (Wildman–Crippen LogP) is 4.37. The van der Waals surface area contributed by atoms with Gasteiger partial charge in [-0.15, -0.1) is 0 Å². The van der Waals surface area contributed by atoms with Crippen LogP contribution in [0.25, 0.3) is 0 Å². The summed E-state index contributed by atoms with van der Waals surface area (Å²) in [5.74, 6) is 3.33. The maximum Gasteiger partial charge on any atom is 0.314 e. The molecule has 4 fully saturated rings. The maximum atomic E-state index is 12.3. The monoisotopic (exact) mass is 354 g/mol. The van der Waals surface area contributed by atoms with Crippen molar-refractivity contribution >= 4 is 11.9 Å². The molecule has 4 aliphatic rings. The molecule has 4 atom stereocenters. The Morgan fingerprint density at radius 1 is 0.615 bits per heavy atom. The summed E-state index contributed by atoms with van der Waals surface area (Å²) in [5.41, 5.74) is 0. The van der Waals surface area contributed by atoms with E-state index < -0.39 is 0 Å². The Hall–Kier alpha value is -1.84. The Kier molecular flexibility index (Phi) is 4.02. The van der Waals surface area contributed by atoms with Gasteiger partial charge in [-0.1, -0.05) is 25.7 Å². The molecule has 1 aromatic carbocycles. The van der Waals surface area contributed by atoms with E-state index in [1.807, 2.05) is 0 Å². The first-order valence-electron chi connectivity index (χ1n) is 10.3. The molecule has 138 valence electrons. The summed E-state index contributed by atoms with van der Waals surface area (Å²) < 4.78 is 11.1. The summed E-state index contributed by atoms with van der Waals surface area (Å²) in [5, 5.41) is 0. The van der Waals surface area contributed by atoms with Crippen molar-refractivity contribution < 1.29 is 19.1 Å². The van der Waals surface area contributed by atoms with Crippen LogP contribution in [-0.2, 0) is 9.59 Å². The van der Waals surface area contributed by atoms with E-state index in [9.17, 15) is 9.59 Å². The quantitative estimate of drug-likeness (QED) is 0.595. The van der Waals surface area contributed by atoms with Gasteiger partial charge in [0.2, 0.25) is 0 Å². The minimum absolute atomic E-state index is 0.0892. The van der Waals surface area contributed by atoms with Gasteiger partial charge in [0, 0.05) is 0 Å². The van der Waals surface area contributed by atoms with Crippen LogP contribution in [0.1, 0.15) is 51.4 Å². The highest BCUT2D eigenvalue weighted by Crippen LogP contribution is 2.56. The van der Waals surface area contributed by atoms with Crippen molar-refractivity contribution in [1.29, 1.82) is 0 Å². The number of carbonyl (C=O) groups excluding carboxylic acids is 2. The Morgan fingerprint density at radius 3 is 1.23 bits per heavy atom. The van der Waals surface area contributed by atoms with Crippen LogP contribution >= 0.6 is 0 Å². The van der Waals surface area contributed by atoms with Crippen molar-refractivity contribution in [2.45, 2.75) is 51.4 Å². The second kappa shape index (κ2) is 6.40. The molecule has 5 rings (SSSR count). The molecular weight excluding hydrogens is 328 g/mol. The van der Waals surface area contributed by atoms with Crippen LogP contribution in [0.4, 0.5) is 0 Å². The molecule has 0 aromatic heterocycles. The second-order valence-corrected chi connectivity index (χ2v) is 8.59. The smallest absolute Gasteiger partial charge is 0.314 e. The summed E-state index contributed by atoms with van der Waals surface area (Å²) in [6, 6.07) is 6.91. The summed E-state index contributed by atoms with van der Waals surface area (Å²) >= 11 is 0. The zero-order valence-corrected chi connectivity index (χ0v) is 15.1. The molecule has 0 aliphatic heterocycles. The highest BCUT2D eigenvalue weighted by Gasteiger charge is 2.56. The number of fused-ring (bicyclic) bond motifs is 2. The fourth-order valence-corrected chi connectivity index (χ4v) is 5.63. The third kappa shape index (κ3) is 2.93. The van der Waals surface area contributed by atoms with Crippen molar-refractivity contribution in [3.05, 3.63) is 24.3 Å². The van der Waals surface area contributed by atoms with Gasteiger partial charge in [0.25, 0.3) is 0 Å². The van der Waals surface area contributed by atoms with Crippen LogP contribution in [0.2, 0.25) is 0 Å². The molecule has 1 aromatic rings. The van der Waals surface area contributed by atoms with E-state index in [2.05, 4.69) is 0 Å². The van der Waals surface area contributed by atoms with Crippen molar-refractivity contribution in [1.82, 2.24) is 0 Å². The van der Waals surface area contributed by atoms with E-state index >= 15 is 0 Å². The van der Waals surface area contributed by atoms with Crippen LogP contribution in [0, 0.1) is 35.5 Å². The van der Waals surface area contributed by atoms with Gasteiger partial charge in [-0.25, -0.2) is 0 Å². The van der Waals surface area contributed by atoms with Gasteiger partial charge >= 0.3 is 11.9 Å². The van der Waals surface area contributed by atoms with E-state index in [1.54, 1.807) is 24.3 Å². The molecule has 4 aliphatic carbocycles. The van der Waals surface area contributed by atoms with Gasteiger partial charge < -0.3 is 9.47 Å². The van der Waals surface area contributed by atoms with Crippen LogP contribution in [0.3, 0.4) is 0 Å². The summed E-state index contributed by atoms with van der Waals surface area (Å²) in [6.45, 7) is 0. The molecule has 4 heteroatoms. The number of benzene rings is 1. The van der Waals surface area contributed by atoms with Gasteiger partial charge in [0.05, 0.1) is 11.8 Å². The molecule has 4 nitrogen and oxygen atoms in total. The minimum Gasteiger partial charge on any atom is -0.426 e. The summed E-state index contributed by atoms with van der Waals surface area (Å²) in [7, 11) is 0. The molecule has 0 radical (unpaired) electrons. The lowest BCUT2D eigenvalue weighted by Gasteiger charge is -2.07. The van der Waals surface area contributed by atoms with E-state index in [0.717, 1.165) is 0 Å².